The number of piperazine rings is 1. The van der Waals surface area contributed by atoms with Crippen molar-refractivity contribution >= 4 is 34.1 Å². The Labute approximate surface area is 215 Å². The lowest BCUT2D eigenvalue weighted by molar-refractivity contribution is 0.199. The maximum absolute atomic E-state index is 10.6. The van der Waals surface area contributed by atoms with Gasteiger partial charge in [0.15, 0.2) is 0 Å². The number of aromatic nitrogens is 3. The minimum atomic E-state index is -0.237. The van der Waals surface area contributed by atoms with Gasteiger partial charge in [0, 0.05) is 60.6 Å². The number of rotatable bonds is 6. The largest absolute Gasteiger partial charge is 0.492 e. The topological polar surface area (TPSA) is 89.1 Å². The second-order valence-electron chi connectivity index (χ2n) is 10.2. The third-order valence-electron chi connectivity index (χ3n) is 7.11. The lowest BCUT2D eigenvalue weighted by Gasteiger charge is -2.32. The molecule has 4 aromatic rings. The first-order chi connectivity index (χ1) is 17.4. The number of aromatic amines is 1. The Morgan fingerprint density at radius 1 is 1.17 bits per heavy atom. The van der Waals surface area contributed by atoms with Gasteiger partial charge in [-0.3, -0.25) is 4.90 Å². The Balaban J connectivity index is 1.33. The molecule has 2 aliphatic rings. The summed E-state index contributed by atoms with van der Waals surface area (Å²) in [6.07, 6.45) is 4.34. The number of hydrogen-bond acceptors (Lipinski definition) is 6. The summed E-state index contributed by atoms with van der Waals surface area (Å²) in [6, 6.07) is 13.4. The summed E-state index contributed by atoms with van der Waals surface area (Å²) in [5.41, 5.74) is 7.05. The molecule has 1 atom stereocenters. The third-order valence-corrected chi connectivity index (χ3v) is 7.45. The van der Waals surface area contributed by atoms with Gasteiger partial charge in [-0.2, -0.15) is 4.98 Å². The van der Waals surface area contributed by atoms with Crippen LogP contribution in [-0.4, -0.2) is 50.6 Å². The third kappa shape index (κ3) is 4.78. The molecule has 1 aliphatic heterocycles. The first-order valence-electron chi connectivity index (χ1n) is 12.6. The average Bonchev–Trinajstić information content (AvgIpc) is 3.61. The van der Waals surface area contributed by atoms with Gasteiger partial charge in [-0.25, -0.2) is 4.98 Å². The molecular formula is C28H31ClN6O. The smallest absolute Gasteiger partial charge is 0.235 e. The highest BCUT2D eigenvalue weighted by Crippen LogP contribution is 2.42. The fourth-order valence-electron chi connectivity index (χ4n) is 5.18. The van der Waals surface area contributed by atoms with Crippen molar-refractivity contribution in [3.63, 3.8) is 0 Å². The molecular weight excluding hydrogens is 472 g/mol. The maximum atomic E-state index is 10.6. The van der Waals surface area contributed by atoms with E-state index in [2.05, 4.69) is 69.7 Å². The molecule has 0 radical (unpaired) electrons. The van der Waals surface area contributed by atoms with E-state index in [9.17, 15) is 5.11 Å². The molecule has 0 bridgehead atoms. The van der Waals surface area contributed by atoms with E-state index in [4.69, 9.17) is 16.6 Å². The van der Waals surface area contributed by atoms with Gasteiger partial charge in [-0.1, -0.05) is 29.8 Å². The lowest BCUT2D eigenvalue weighted by Crippen LogP contribution is -2.48. The van der Waals surface area contributed by atoms with Crippen molar-refractivity contribution in [3.05, 3.63) is 64.3 Å². The van der Waals surface area contributed by atoms with Gasteiger partial charge in [0.2, 0.25) is 11.8 Å². The molecule has 2 aromatic carbocycles. The van der Waals surface area contributed by atoms with E-state index in [-0.39, 0.29) is 10.9 Å². The summed E-state index contributed by atoms with van der Waals surface area (Å²) in [5, 5.41) is 18.6. The van der Waals surface area contributed by atoms with E-state index in [0.29, 0.717) is 23.6 Å². The van der Waals surface area contributed by atoms with Crippen LogP contribution in [0.15, 0.2) is 42.6 Å². The zero-order chi connectivity index (χ0) is 24.8. The number of fused-ring (bicyclic) bond motifs is 1. The minimum Gasteiger partial charge on any atom is -0.492 e. The standard InChI is InChI=1S/C28H31ClN6O/c1-16-3-6-22-23(13-31-24(22)9-16)26-25(29)27(36)34-28(33-26)32-21-11-18(10-20(12-21)19-4-5-19)15-35-8-7-30-17(2)14-35/h3,6,9-13,17,19,30-31H,4-5,7-8,14-15H2,1-2H3,(H2,32,33,34,36)/t17-/m0/s1. The maximum Gasteiger partial charge on any atom is 0.235 e. The molecule has 1 aliphatic carbocycles. The molecule has 4 N–H and O–H groups in total. The van der Waals surface area contributed by atoms with Crippen LogP contribution < -0.4 is 10.6 Å². The van der Waals surface area contributed by atoms with Crippen molar-refractivity contribution < 1.29 is 5.11 Å². The van der Waals surface area contributed by atoms with Crippen LogP contribution in [0.5, 0.6) is 5.88 Å². The molecule has 8 heteroatoms. The van der Waals surface area contributed by atoms with E-state index >= 15 is 0 Å². The van der Waals surface area contributed by atoms with Gasteiger partial charge in [0.05, 0.1) is 0 Å². The Bertz CT molecular complexity index is 1430. The normalized spacial score (nSPS) is 18.6. The fraction of sp³-hybridized carbons (Fsp3) is 0.357. The highest BCUT2D eigenvalue weighted by Gasteiger charge is 2.25. The Kier molecular flexibility index (Phi) is 6.07. The van der Waals surface area contributed by atoms with E-state index in [1.165, 1.54) is 24.0 Å². The molecule has 7 nitrogen and oxygen atoms in total. The van der Waals surface area contributed by atoms with Crippen LogP contribution in [0.25, 0.3) is 22.2 Å². The SMILES string of the molecule is Cc1ccc2c(-c3nc(Nc4cc(CN5CCN[C@@H](C)C5)cc(C5CC5)c4)nc(O)c3Cl)c[nH]c2c1. The summed E-state index contributed by atoms with van der Waals surface area (Å²) in [4.78, 5) is 14.8. The number of aromatic hydroxyl groups is 1. The van der Waals surface area contributed by atoms with E-state index in [0.717, 1.165) is 53.9 Å². The summed E-state index contributed by atoms with van der Waals surface area (Å²) >= 11 is 6.48. The van der Waals surface area contributed by atoms with Crippen molar-refractivity contribution in [2.75, 3.05) is 25.0 Å². The molecule has 186 valence electrons. The molecule has 1 saturated heterocycles. The second kappa shape index (κ2) is 9.39. The highest BCUT2D eigenvalue weighted by atomic mass is 35.5. The molecule has 6 rings (SSSR count). The average molecular weight is 503 g/mol. The highest BCUT2D eigenvalue weighted by molar-refractivity contribution is 6.34. The lowest BCUT2D eigenvalue weighted by atomic mass is 10.0. The Morgan fingerprint density at radius 2 is 2.03 bits per heavy atom. The summed E-state index contributed by atoms with van der Waals surface area (Å²) < 4.78 is 0. The number of nitrogens with one attached hydrogen (secondary N) is 3. The van der Waals surface area contributed by atoms with Crippen LogP contribution in [-0.2, 0) is 6.54 Å². The number of H-pyrrole nitrogens is 1. The van der Waals surface area contributed by atoms with Gasteiger partial charge >= 0.3 is 0 Å². The summed E-state index contributed by atoms with van der Waals surface area (Å²) in [5.74, 6) is 0.708. The number of anilines is 2. The molecule has 3 heterocycles. The number of aryl methyl sites for hydroxylation is 1. The summed E-state index contributed by atoms with van der Waals surface area (Å²) in [7, 11) is 0. The quantitative estimate of drug-likeness (QED) is 0.270. The second-order valence-corrected chi connectivity index (χ2v) is 10.6. The van der Waals surface area contributed by atoms with Crippen molar-refractivity contribution in [1.29, 1.82) is 0 Å². The molecule has 2 aromatic heterocycles. The van der Waals surface area contributed by atoms with Crippen LogP contribution in [0.4, 0.5) is 11.6 Å². The van der Waals surface area contributed by atoms with Gasteiger partial charge in [-0.05, 0) is 67.5 Å². The van der Waals surface area contributed by atoms with Crippen molar-refractivity contribution in [1.82, 2.24) is 25.2 Å². The molecule has 36 heavy (non-hydrogen) atoms. The molecule has 1 saturated carbocycles. The van der Waals surface area contributed by atoms with Crippen LogP contribution in [0, 0.1) is 6.92 Å². The minimum absolute atomic E-state index is 0.141. The number of halogens is 1. The van der Waals surface area contributed by atoms with Gasteiger partial charge in [0.25, 0.3) is 0 Å². The predicted molar refractivity (Wildman–Crippen MR) is 145 cm³/mol. The number of nitrogens with zero attached hydrogens (tertiary/aromatic N) is 3. The zero-order valence-electron chi connectivity index (χ0n) is 20.6. The van der Waals surface area contributed by atoms with Gasteiger partial charge in [0.1, 0.15) is 10.7 Å². The van der Waals surface area contributed by atoms with Crippen molar-refractivity contribution in [2.45, 2.75) is 45.2 Å². The Morgan fingerprint density at radius 3 is 2.83 bits per heavy atom. The van der Waals surface area contributed by atoms with Gasteiger partial charge in [-0.15, -0.1) is 0 Å². The predicted octanol–water partition coefficient (Wildman–Crippen LogP) is 5.71. The van der Waals surface area contributed by atoms with Crippen molar-refractivity contribution in [2.24, 2.45) is 0 Å². The summed E-state index contributed by atoms with van der Waals surface area (Å²) in [6.45, 7) is 8.30. The molecule has 0 unspecified atom stereocenters. The fourth-order valence-corrected chi connectivity index (χ4v) is 5.37. The Hall–Kier alpha value is -3.13. The van der Waals surface area contributed by atoms with E-state index < -0.39 is 0 Å². The van der Waals surface area contributed by atoms with Gasteiger partial charge < -0.3 is 20.7 Å². The number of benzene rings is 2. The first-order valence-corrected chi connectivity index (χ1v) is 13.0. The van der Waals surface area contributed by atoms with Crippen LogP contribution in [0.1, 0.15) is 42.4 Å². The van der Waals surface area contributed by atoms with Crippen molar-refractivity contribution in [3.8, 4) is 17.1 Å². The van der Waals surface area contributed by atoms with Crippen LogP contribution in [0.3, 0.4) is 0 Å². The van der Waals surface area contributed by atoms with Crippen LogP contribution in [0.2, 0.25) is 5.02 Å². The van der Waals surface area contributed by atoms with E-state index in [1.807, 2.05) is 12.3 Å². The van der Waals surface area contributed by atoms with Crippen LogP contribution >= 0.6 is 11.6 Å². The number of hydrogen-bond donors (Lipinski definition) is 4. The first kappa shape index (κ1) is 23.3. The molecule has 0 spiro atoms. The molecule has 0 amide bonds. The van der Waals surface area contributed by atoms with E-state index in [1.54, 1.807) is 0 Å². The zero-order valence-corrected chi connectivity index (χ0v) is 21.4. The monoisotopic (exact) mass is 502 g/mol. The molecule has 2 fully saturated rings.